The van der Waals surface area contributed by atoms with Gasteiger partial charge in [-0.3, -0.25) is 0 Å². The lowest BCUT2D eigenvalue weighted by molar-refractivity contribution is 0.0614. The molecule has 0 aliphatic heterocycles. The Labute approximate surface area is 124 Å². The molecule has 3 heteroatoms. The molecule has 112 valence electrons. The third-order valence-electron chi connectivity index (χ3n) is 5.35. The number of hydrogen-bond donors (Lipinski definition) is 0. The van der Waals surface area contributed by atoms with Crippen molar-refractivity contribution in [3.63, 3.8) is 0 Å². The highest BCUT2D eigenvalue weighted by Gasteiger charge is 2.39. The summed E-state index contributed by atoms with van der Waals surface area (Å²) in [6, 6.07) is 5.09. The number of hydrogen-bond acceptors (Lipinski definition) is 3. The van der Waals surface area contributed by atoms with Gasteiger partial charge in [0.15, 0.2) is 0 Å². The van der Waals surface area contributed by atoms with Gasteiger partial charge in [-0.05, 0) is 44.6 Å². The minimum atomic E-state index is 0.0268. The fourth-order valence-corrected chi connectivity index (χ4v) is 3.39. The minimum absolute atomic E-state index is 0.0268. The van der Waals surface area contributed by atoms with Crippen LogP contribution in [0.1, 0.15) is 53.4 Å². The molecule has 0 heterocycles. The second-order valence-corrected chi connectivity index (χ2v) is 7.12. The largest absolute Gasteiger partial charge is 0.301 e. The van der Waals surface area contributed by atoms with Crippen LogP contribution in [0.2, 0.25) is 0 Å². The van der Waals surface area contributed by atoms with Gasteiger partial charge in [-0.25, -0.2) is 0 Å². The Kier molecular flexibility index (Phi) is 6.03. The molecule has 0 bridgehead atoms. The molecule has 1 rings (SSSR count). The Bertz CT molecular complexity index is 388. The Hall–Kier alpha value is -1.06. The molecule has 0 spiro atoms. The Morgan fingerprint density at radius 2 is 1.95 bits per heavy atom. The minimum Gasteiger partial charge on any atom is -0.301 e. The van der Waals surface area contributed by atoms with E-state index in [4.69, 9.17) is 5.26 Å². The normalized spacial score (nSPS) is 28.7. The van der Waals surface area contributed by atoms with Crippen LogP contribution in [0.5, 0.6) is 0 Å². The second kappa shape index (κ2) is 7.09. The molecule has 0 N–H and O–H groups in total. The van der Waals surface area contributed by atoms with Crippen molar-refractivity contribution < 1.29 is 0 Å². The van der Waals surface area contributed by atoms with Gasteiger partial charge in [0, 0.05) is 12.6 Å². The van der Waals surface area contributed by atoms with Crippen molar-refractivity contribution in [2.75, 3.05) is 13.6 Å². The van der Waals surface area contributed by atoms with Crippen LogP contribution in [0.4, 0.5) is 0 Å². The van der Waals surface area contributed by atoms with Crippen molar-refractivity contribution in [3.8, 4) is 12.1 Å². The first kappa shape index (κ1) is 17.0. The summed E-state index contributed by atoms with van der Waals surface area (Å²) in [6.07, 6.45) is 4.44. The van der Waals surface area contributed by atoms with Crippen molar-refractivity contribution in [3.05, 3.63) is 0 Å². The molecule has 0 aromatic carbocycles. The molecule has 4 unspecified atom stereocenters. The van der Waals surface area contributed by atoms with E-state index in [-0.39, 0.29) is 11.8 Å². The summed E-state index contributed by atoms with van der Waals surface area (Å²) in [6.45, 7) is 9.66. The standard InChI is InChI=1S/C17H29N3/c1-6-17(3,4)15-8-7-14(11-19)16(9-15)20(5)12-13(2)10-18/h13-16H,6-9,12H2,1-5H3. The van der Waals surface area contributed by atoms with Gasteiger partial charge in [0.1, 0.15) is 0 Å². The van der Waals surface area contributed by atoms with E-state index in [2.05, 4.69) is 44.9 Å². The lowest BCUT2D eigenvalue weighted by atomic mass is 9.66. The molecule has 1 aliphatic rings. The van der Waals surface area contributed by atoms with Crippen LogP contribution in [0, 0.1) is 45.8 Å². The van der Waals surface area contributed by atoms with Crippen LogP contribution < -0.4 is 0 Å². The first-order valence-electron chi connectivity index (χ1n) is 7.85. The molecular weight excluding hydrogens is 246 g/mol. The van der Waals surface area contributed by atoms with Gasteiger partial charge >= 0.3 is 0 Å². The molecule has 0 saturated heterocycles. The number of nitriles is 2. The average molecular weight is 275 g/mol. The maximum absolute atomic E-state index is 9.41. The third kappa shape index (κ3) is 3.97. The van der Waals surface area contributed by atoms with Crippen molar-refractivity contribution in [2.45, 2.75) is 59.4 Å². The monoisotopic (exact) mass is 275 g/mol. The molecule has 1 aliphatic carbocycles. The molecule has 4 atom stereocenters. The topological polar surface area (TPSA) is 50.8 Å². The van der Waals surface area contributed by atoms with E-state index in [0.717, 1.165) is 25.8 Å². The van der Waals surface area contributed by atoms with Crippen LogP contribution in [-0.2, 0) is 0 Å². The van der Waals surface area contributed by atoms with Crippen LogP contribution in [-0.4, -0.2) is 24.5 Å². The fourth-order valence-electron chi connectivity index (χ4n) is 3.39. The van der Waals surface area contributed by atoms with Crippen LogP contribution in [0.25, 0.3) is 0 Å². The highest BCUT2D eigenvalue weighted by atomic mass is 15.1. The molecule has 0 amide bonds. The second-order valence-electron chi connectivity index (χ2n) is 7.12. The van der Waals surface area contributed by atoms with Gasteiger partial charge in [-0.2, -0.15) is 10.5 Å². The van der Waals surface area contributed by atoms with E-state index in [0.29, 0.717) is 17.4 Å². The first-order valence-corrected chi connectivity index (χ1v) is 7.85. The summed E-state index contributed by atoms with van der Waals surface area (Å²) in [5.74, 6) is 0.829. The van der Waals surface area contributed by atoms with Crippen molar-refractivity contribution in [1.82, 2.24) is 4.90 Å². The Balaban J connectivity index is 2.79. The third-order valence-corrected chi connectivity index (χ3v) is 5.35. The Morgan fingerprint density at radius 1 is 1.30 bits per heavy atom. The summed E-state index contributed by atoms with van der Waals surface area (Å²) in [5.41, 5.74) is 0.348. The molecule has 3 nitrogen and oxygen atoms in total. The molecule has 0 aromatic heterocycles. The summed E-state index contributed by atoms with van der Waals surface area (Å²) in [4.78, 5) is 2.25. The van der Waals surface area contributed by atoms with Gasteiger partial charge in [-0.15, -0.1) is 0 Å². The van der Waals surface area contributed by atoms with E-state index < -0.39 is 0 Å². The zero-order valence-corrected chi connectivity index (χ0v) is 13.7. The highest BCUT2D eigenvalue weighted by molar-refractivity contribution is 5.00. The fraction of sp³-hybridized carbons (Fsp3) is 0.882. The van der Waals surface area contributed by atoms with Gasteiger partial charge in [0.25, 0.3) is 0 Å². The SMILES string of the molecule is CCC(C)(C)C1CCC(C#N)C(N(C)CC(C)C#N)C1. The predicted octanol–water partition coefficient (Wildman–Crippen LogP) is 3.82. The summed E-state index contributed by atoms with van der Waals surface area (Å²) in [7, 11) is 2.07. The van der Waals surface area contributed by atoms with Gasteiger partial charge in [0.2, 0.25) is 0 Å². The van der Waals surface area contributed by atoms with Gasteiger partial charge in [-0.1, -0.05) is 27.2 Å². The van der Waals surface area contributed by atoms with Crippen molar-refractivity contribution in [1.29, 1.82) is 10.5 Å². The molecule has 1 saturated carbocycles. The number of nitrogens with zero attached hydrogens (tertiary/aromatic N) is 3. The molecule has 0 aromatic rings. The zero-order chi connectivity index (χ0) is 15.3. The average Bonchev–Trinajstić information content (AvgIpc) is 2.46. The summed E-state index contributed by atoms with van der Waals surface area (Å²) in [5, 5.41) is 18.4. The van der Waals surface area contributed by atoms with Crippen LogP contribution in [0.3, 0.4) is 0 Å². The van der Waals surface area contributed by atoms with Crippen molar-refractivity contribution in [2.24, 2.45) is 23.2 Å². The maximum atomic E-state index is 9.41. The van der Waals surface area contributed by atoms with Gasteiger partial charge in [0.05, 0.1) is 24.0 Å². The quantitative estimate of drug-likeness (QED) is 0.766. The lowest BCUT2D eigenvalue weighted by Crippen LogP contribution is -2.45. The summed E-state index contributed by atoms with van der Waals surface area (Å²) >= 11 is 0. The predicted molar refractivity (Wildman–Crippen MR) is 81.7 cm³/mol. The van der Waals surface area contributed by atoms with E-state index in [9.17, 15) is 5.26 Å². The zero-order valence-electron chi connectivity index (χ0n) is 13.7. The number of rotatable bonds is 5. The first-order chi connectivity index (χ1) is 9.35. The molecule has 1 fully saturated rings. The Morgan fingerprint density at radius 3 is 2.45 bits per heavy atom. The van der Waals surface area contributed by atoms with E-state index in [1.807, 2.05) is 6.92 Å². The molecular formula is C17H29N3. The highest BCUT2D eigenvalue weighted by Crippen LogP contribution is 2.43. The lowest BCUT2D eigenvalue weighted by Gasteiger charge is -2.44. The van der Waals surface area contributed by atoms with E-state index in [1.54, 1.807) is 0 Å². The van der Waals surface area contributed by atoms with Crippen molar-refractivity contribution >= 4 is 0 Å². The molecule has 20 heavy (non-hydrogen) atoms. The van der Waals surface area contributed by atoms with Crippen LogP contribution >= 0.6 is 0 Å². The van der Waals surface area contributed by atoms with Gasteiger partial charge < -0.3 is 4.90 Å². The van der Waals surface area contributed by atoms with E-state index in [1.165, 1.54) is 6.42 Å². The van der Waals surface area contributed by atoms with Crippen LogP contribution in [0.15, 0.2) is 0 Å². The summed E-state index contributed by atoms with van der Waals surface area (Å²) < 4.78 is 0. The maximum Gasteiger partial charge on any atom is 0.0672 e. The smallest absolute Gasteiger partial charge is 0.0672 e. The molecule has 0 radical (unpaired) electrons. The van der Waals surface area contributed by atoms with E-state index >= 15 is 0 Å².